The van der Waals surface area contributed by atoms with Gasteiger partial charge < -0.3 is 15.6 Å². The smallest absolute Gasteiger partial charge is 0.332 e. The number of nitrogens with two attached hydrogens (primary N) is 1. The van der Waals surface area contributed by atoms with Gasteiger partial charge in [0.1, 0.15) is 6.54 Å². The summed E-state index contributed by atoms with van der Waals surface area (Å²) < 4.78 is 3.73. The standard InChI is InChI=1S/C15H24N6O3.ClH/c1-5-15(16,6-2)8-17-10(22)7-21-9-18-12-11(21)13(23)20(4)14(24)19(12)3;/h9H,5-8,16H2,1-4H3,(H,17,22);1H. The van der Waals surface area contributed by atoms with Crippen LogP contribution in [0, 0.1) is 0 Å². The molecule has 0 saturated carbocycles. The van der Waals surface area contributed by atoms with E-state index in [0.717, 1.165) is 17.4 Å². The van der Waals surface area contributed by atoms with E-state index < -0.39 is 16.8 Å². The van der Waals surface area contributed by atoms with Crippen molar-refractivity contribution in [3.63, 3.8) is 0 Å². The van der Waals surface area contributed by atoms with Gasteiger partial charge in [0.05, 0.1) is 6.33 Å². The molecule has 2 aromatic heterocycles. The minimum atomic E-state index is -0.478. The summed E-state index contributed by atoms with van der Waals surface area (Å²) in [5, 5.41) is 2.80. The Labute approximate surface area is 151 Å². The van der Waals surface area contributed by atoms with Gasteiger partial charge in [0.15, 0.2) is 11.2 Å². The van der Waals surface area contributed by atoms with Crippen LogP contribution in [0.4, 0.5) is 0 Å². The van der Waals surface area contributed by atoms with Crippen LogP contribution in [0.3, 0.4) is 0 Å². The van der Waals surface area contributed by atoms with Gasteiger partial charge in [0.25, 0.3) is 5.56 Å². The minimum absolute atomic E-state index is 0. The van der Waals surface area contributed by atoms with Crippen LogP contribution in [0.25, 0.3) is 11.2 Å². The normalized spacial score (nSPS) is 11.4. The molecule has 0 aliphatic heterocycles. The Balaban J connectivity index is 0.00000312. The number of rotatable bonds is 6. The quantitative estimate of drug-likeness (QED) is 0.708. The first-order valence-electron chi connectivity index (χ1n) is 7.90. The molecule has 0 aromatic carbocycles. The first-order valence-corrected chi connectivity index (χ1v) is 7.90. The second kappa shape index (κ2) is 7.83. The molecule has 0 unspecified atom stereocenters. The molecular weight excluding hydrogens is 348 g/mol. The Hall–Kier alpha value is -2.13. The van der Waals surface area contributed by atoms with Crippen molar-refractivity contribution in [1.29, 1.82) is 0 Å². The first-order chi connectivity index (χ1) is 11.2. The van der Waals surface area contributed by atoms with Crippen molar-refractivity contribution < 1.29 is 4.79 Å². The van der Waals surface area contributed by atoms with E-state index in [1.165, 1.54) is 29.6 Å². The third kappa shape index (κ3) is 3.93. The van der Waals surface area contributed by atoms with Crippen molar-refractivity contribution >= 4 is 29.5 Å². The summed E-state index contributed by atoms with van der Waals surface area (Å²) in [7, 11) is 2.93. The molecule has 0 saturated heterocycles. The monoisotopic (exact) mass is 372 g/mol. The number of imidazole rings is 1. The molecular formula is C15H25ClN6O3. The lowest BCUT2D eigenvalue weighted by atomic mass is 9.94. The maximum absolute atomic E-state index is 12.3. The Bertz CT molecular complexity index is 878. The summed E-state index contributed by atoms with van der Waals surface area (Å²) in [6, 6.07) is 0. The summed E-state index contributed by atoms with van der Waals surface area (Å²) in [4.78, 5) is 40.5. The number of aromatic nitrogens is 4. The Morgan fingerprint density at radius 2 is 1.84 bits per heavy atom. The predicted molar refractivity (Wildman–Crippen MR) is 98.0 cm³/mol. The van der Waals surface area contributed by atoms with Gasteiger partial charge in [-0.2, -0.15) is 0 Å². The highest BCUT2D eigenvalue weighted by Crippen LogP contribution is 2.09. The summed E-state index contributed by atoms with van der Waals surface area (Å²) in [6.07, 6.45) is 2.89. The molecule has 0 aliphatic carbocycles. The average Bonchev–Trinajstić information content (AvgIpc) is 2.99. The molecule has 140 valence electrons. The van der Waals surface area contributed by atoms with Crippen LogP contribution in [-0.4, -0.2) is 36.7 Å². The highest BCUT2D eigenvalue weighted by atomic mass is 35.5. The van der Waals surface area contributed by atoms with Crippen molar-refractivity contribution in [2.24, 2.45) is 19.8 Å². The van der Waals surface area contributed by atoms with Gasteiger partial charge in [-0.15, -0.1) is 12.4 Å². The van der Waals surface area contributed by atoms with E-state index in [1.807, 2.05) is 13.8 Å². The topological polar surface area (TPSA) is 117 Å². The summed E-state index contributed by atoms with van der Waals surface area (Å²) >= 11 is 0. The molecule has 2 heterocycles. The minimum Gasteiger partial charge on any atom is -0.353 e. The van der Waals surface area contributed by atoms with E-state index in [1.54, 1.807) is 0 Å². The largest absolute Gasteiger partial charge is 0.353 e. The zero-order valence-corrected chi connectivity index (χ0v) is 15.7. The molecule has 0 fully saturated rings. The number of halogens is 1. The molecule has 0 bridgehead atoms. The van der Waals surface area contributed by atoms with E-state index in [9.17, 15) is 14.4 Å². The Morgan fingerprint density at radius 3 is 2.40 bits per heavy atom. The number of fused-ring (bicyclic) bond motifs is 1. The third-order valence-corrected chi connectivity index (χ3v) is 4.58. The van der Waals surface area contributed by atoms with Crippen LogP contribution >= 0.6 is 12.4 Å². The summed E-state index contributed by atoms with van der Waals surface area (Å²) in [5.41, 5.74) is 5.27. The number of nitrogens with zero attached hydrogens (tertiary/aromatic N) is 4. The summed E-state index contributed by atoms with van der Waals surface area (Å²) in [6.45, 7) is 4.25. The second-order valence-electron chi connectivity index (χ2n) is 6.10. The number of carbonyl (C=O) groups is 1. The van der Waals surface area contributed by atoms with Gasteiger partial charge in [-0.05, 0) is 12.8 Å². The Kier molecular flexibility index (Phi) is 6.55. The first kappa shape index (κ1) is 20.9. The summed E-state index contributed by atoms with van der Waals surface area (Å²) in [5.74, 6) is -0.262. The number of aryl methyl sites for hydroxylation is 1. The van der Waals surface area contributed by atoms with Crippen molar-refractivity contribution in [2.75, 3.05) is 6.54 Å². The van der Waals surface area contributed by atoms with E-state index in [2.05, 4.69) is 10.3 Å². The molecule has 1 amide bonds. The molecule has 3 N–H and O–H groups in total. The molecule has 10 heteroatoms. The van der Waals surface area contributed by atoms with Crippen molar-refractivity contribution in [3.05, 3.63) is 27.2 Å². The molecule has 0 radical (unpaired) electrons. The molecule has 2 rings (SSSR count). The highest BCUT2D eigenvalue weighted by Gasteiger charge is 2.21. The van der Waals surface area contributed by atoms with E-state index >= 15 is 0 Å². The maximum Gasteiger partial charge on any atom is 0.332 e. The fraction of sp³-hybridized carbons (Fsp3) is 0.600. The van der Waals surface area contributed by atoms with Gasteiger partial charge in [0, 0.05) is 26.2 Å². The van der Waals surface area contributed by atoms with Crippen molar-refractivity contribution in [1.82, 2.24) is 24.0 Å². The zero-order chi connectivity index (χ0) is 18.1. The lowest BCUT2D eigenvalue weighted by molar-refractivity contribution is -0.121. The number of hydrogen-bond acceptors (Lipinski definition) is 5. The lowest BCUT2D eigenvalue weighted by Gasteiger charge is -2.26. The van der Waals surface area contributed by atoms with Crippen LogP contribution in [0.1, 0.15) is 26.7 Å². The van der Waals surface area contributed by atoms with E-state index in [4.69, 9.17) is 5.73 Å². The molecule has 0 aliphatic rings. The van der Waals surface area contributed by atoms with Gasteiger partial charge in [0.2, 0.25) is 5.91 Å². The predicted octanol–water partition coefficient (Wildman–Crippen LogP) is -0.511. The molecule has 25 heavy (non-hydrogen) atoms. The van der Waals surface area contributed by atoms with Crippen LogP contribution in [-0.2, 0) is 25.4 Å². The van der Waals surface area contributed by atoms with E-state index in [0.29, 0.717) is 6.54 Å². The zero-order valence-electron chi connectivity index (χ0n) is 14.9. The van der Waals surface area contributed by atoms with Crippen molar-refractivity contribution in [2.45, 2.75) is 38.8 Å². The third-order valence-electron chi connectivity index (χ3n) is 4.58. The van der Waals surface area contributed by atoms with Gasteiger partial charge >= 0.3 is 5.69 Å². The second-order valence-corrected chi connectivity index (χ2v) is 6.10. The van der Waals surface area contributed by atoms with Crippen LogP contribution < -0.4 is 22.3 Å². The van der Waals surface area contributed by atoms with Crippen LogP contribution in [0.5, 0.6) is 0 Å². The van der Waals surface area contributed by atoms with Gasteiger partial charge in [-0.3, -0.25) is 18.7 Å². The lowest BCUT2D eigenvalue weighted by Crippen LogP contribution is -2.49. The van der Waals surface area contributed by atoms with Gasteiger partial charge in [-0.1, -0.05) is 13.8 Å². The highest BCUT2D eigenvalue weighted by molar-refractivity contribution is 5.85. The van der Waals surface area contributed by atoms with Crippen LogP contribution in [0.15, 0.2) is 15.9 Å². The fourth-order valence-corrected chi connectivity index (χ4v) is 2.50. The Morgan fingerprint density at radius 1 is 1.24 bits per heavy atom. The number of nitrogens with one attached hydrogen (secondary N) is 1. The van der Waals surface area contributed by atoms with Gasteiger partial charge in [-0.25, -0.2) is 9.78 Å². The van der Waals surface area contributed by atoms with Crippen LogP contribution in [0.2, 0.25) is 0 Å². The molecule has 0 atom stereocenters. The van der Waals surface area contributed by atoms with Crippen molar-refractivity contribution in [3.8, 4) is 0 Å². The number of carbonyl (C=O) groups excluding carboxylic acids is 1. The van der Waals surface area contributed by atoms with E-state index in [-0.39, 0.29) is 36.0 Å². The molecule has 0 spiro atoms. The fourth-order valence-electron chi connectivity index (χ4n) is 2.50. The molecule has 9 nitrogen and oxygen atoms in total. The number of hydrogen-bond donors (Lipinski definition) is 2. The average molecular weight is 373 g/mol. The SMILES string of the molecule is CCC(N)(CC)CNC(=O)Cn1cnc2c1c(=O)n(C)c(=O)n2C.Cl. The molecule has 2 aromatic rings. The maximum atomic E-state index is 12.3. The number of amides is 1.